The SMILES string of the molecule is COc1ccccc1OCCn1c(Sc2nccn2C)ccc1C(=C1C=CC(Sc2nccn2C)=[N+]1C)c1ccccc1. The van der Waals surface area contributed by atoms with Crippen LogP contribution in [-0.2, 0) is 20.6 Å². The van der Waals surface area contributed by atoms with Crippen LogP contribution < -0.4 is 9.47 Å². The van der Waals surface area contributed by atoms with Crippen LogP contribution >= 0.6 is 23.5 Å². The van der Waals surface area contributed by atoms with Gasteiger partial charge >= 0.3 is 0 Å². The summed E-state index contributed by atoms with van der Waals surface area (Å²) in [5.74, 6) is 1.44. The van der Waals surface area contributed by atoms with Crippen LogP contribution in [0.4, 0.5) is 0 Å². The summed E-state index contributed by atoms with van der Waals surface area (Å²) < 4.78 is 20.4. The molecule has 1 aliphatic heterocycles. The van der Waals surface area contributed by atoms with Crippen LogP contribution in [0.5, 0.6) is 11.5 Å². The highest BCUT2D eigenvalue weighted by Crippen LogP contribution is 2.36. The number of hydrogen-bond donors (Lipinski definition) is 0. The maximum Gasteiger partial charge on any atom is 0.248 e. The highest BCUT2D eigenvalue weighted by atomic mass is 32.2. The van der Waals surface area contributed by atoms with E-state index in [1.165, 1.54) is 0 Å². The van der Waals surface area contributed by atoms with E-state index in [0.29, 0.717) is 13.2 Å². The summed E-state index contributed by atoms with van der Waals surface area (Å²) in [6.45, 7) is 1.09. The average molecular weight is 610 g/mol. The van der Waals surface area contributed by atoms with Gasteiger partial charge in [0, 0.05) is 62.8 Å². The van der Waals surface area contributed by atoms with Gasteiger partial charge in [0.25, 0.3) is 0 Å². The molecular formula is C33H33N6O2S2+. The zero-order chi connectivity index (χ0) is 29.8. The van der Waals surface area contributed by atoms with Crippen LogP contribution in [0.3, 0.4) is 0 Å². The Labute approximate surface area is 260 Å². The molecule has 0 unspecified atom stereocenters. The molecule has 5 aromatic rings. The van der Waals surface area contributed by atoms with Crippen molar-refractivity contribution < 1.29 is 14.0 Å². The summed E-state index contributed by atoms with van der Waals surface area (Å²) in [6, 6.07) is 22.7. The number of benzene rings is 2. The number of thioether (sulfide) groups is 1. The Bertz CT molecular complexity index is 1830. The van der Waals surface area contributed by atoms with Crippen molar-refractivity contribution >= 4 is 34.1 Å². The van der Waals surface area contributed by atoms with Crippen LogP contribution in [0.25, 0.3) is 5.57 Å². The summed E-state index contributed by atoms with van der Waals surface area (Å²) in [5, 5.41) is 4.06. The van der Waals surface area contributed by atoms with Gasteiger partial charge in [0.1, 0.15) is 13.7 Å². The van der Waals surface area contributed by atoms with Crippen LogP contribution in [0, 0.1) is 0 Å². The third-order valence-electron chi connectivity index (χ3n) is 7.18. The first-order valence-electron chi connectivity index (χ1n) is 13.9. The lowest BCUT2D eigenvalue weighted by molar-refractivity contribution is -0.430. The number of rotatable bonds is 10. The molecule has 0 spiro atoms. The van der Waals surface area contributed by atoms with Gasteiger partial charge in [-0.15, -0.1) is 0 Å². The smallest absolute Gasteiger partial charge is 0.248 e. The molecule has 0 atom stereocenters. The number of aromatic nitrogens is 5. The Hall–Kier alpha value is -4.41. The lowest BCUT2D eigenvalue weighted by Gasteiger charge is -2.17. The normalized spacial score (nSPS) is 14.0. The molecule has 0 N–H and O–H groups in total. The van der Waals surface area contributed by atoms with E-state index in [9.17, 15) is 0 Å². The van der Waals surface area contributed by atoms with Crippen molar-refractivity contribution in [3.8, 4) is 11.5 Å². The van der Waals surface area contributed by atoms with Gasteiger partial charge in [-0.2, -0.15) is 4.58 Å². The largest absolute Gasteiger partial charge is 0.493 e. The first kappa shape index (κ1) is 28.7. The lowest BCUT2D eigenvalue weighted by Crippen LogP contribution is -2.15. The predicted octanol–water partition coefficient (Wildman–Crippen LogP) is 6.36. The Kier molecular flexibility index (Phi) is 8.57. The van der Waals surface area contributed by atoms with E-state index in [4.69, 9.17) is 9.47 Å². The van der Waals surface area contributed by atoms with Crippen molar-refractivity contribution in [2.24, 2.45) is 14.1 Å². The van der Waals surface area contributed by atoms with Crippen molar-refractivity contribution in [3.05, 3.63) is 121 Å². The molecule has 2 aromatic carbocycles. The first-order chi connectivity index (χ1) is 21.0. The summed E-state index contributed by atoms with van der Waals surface area (Å²) in [7, 11) is 7.81. The van der Waals surface area contributed by atoms with Crippen molar-refractivity contribution in [2.45, 2.75) is 21.9 Å². The Morgan fingerprint density at radius 1 is 0.814 bits per heavy atom. The number of hydrogen-bond acceptors (Lipinski definition) is 6. The van der Waals surface area contributed by atoms with Gasteiger partial charge in [-0.25, -0.2) is 9.97 Å². The molecule has 8 nitrogen and oxygen atoms in total. The lowest BCUT2D eigenvalue weighted by atomic mass is 10.00. The fourth-order valence-electron chi connectivity index (χ4n) is 4.94. The van der Waals surface area contributed by atoms with Gasteiger partial charge in [0.15, 0.2) is 21.8 Å². The van der Waals surface area contributed by atoms with Crippen molar-refractivity contribution in [1.29, 1.82) is 0 Å². The third kappa shape index (κ3) is 6.07. The topological polar surface area (TPSA) is 62.0 Å². The van der Waals surface area contributed by atoms with Gasteiger partial charge < -0.3 is 23.2 Å². The molecule has 0 amide bonds. The van der Waals surface area contributed by atoms with Gasteiger partial charge in [0.05, 0.1) is 29.9 Å². The molecule has 0 radical (unpaired) electrons. The van der Waals surface area contributed by atoms with E-state index in [2.05, 4.69) is 80.8 Å². The third-order valence-corrected chi connectivity index (χ3v) is 9.51. The van der Waals surface area contributed by atoms with Crippen LogP contribution in [0.15, 0.2) is 125 Å². The van der Waals surface area contributed by atoms with Gasteiger partial charge in [0.2, 0.25) is 10.7 Å². The second-order valence-electron chi connectivity index (χ2n) is 9.91. The second-order valence-corrected chi connectivity index (χ2v) is 11.9. The highest BCUT2D eigenvalue weighted by Gasteiger charge is 2.29. The number of allylic oxidation sites excluding steroid dienone is 1. The molecule has 0 saturated heterocycles. The summed E-state index contributed by atoms with van der Waals surface area (Å²) in [4.78, 5) is 9.10. The molecule has 1 aliphatic rings. The van der Waals surface area contributed by atoms with E-state index >= 15 is 0 Å². The minimum Gasteiger partial charge on any atom is -0.493 e. The Balaban J connectivity index is 1.43. The maximum atomic E-state index is 6.26. The van der Waals surface area contributed by atoms with Crippen LogP contribution in [0.2, 0.25) is 0 Å². The molecule has 10 heteroatoms. The summed E-state index contributed by atoms with van der Waals surface area (Å²) in [5.41, 5.74) is 4.48. The van der Waals surface area contributed by atoms with E-state index in [0.717, 1.165) is 54.4 Å². The molecule has 4 heterocycles. The molecule has 43 heavy (non-hydrogen) atoms. The monoisotopic (exact) mass is 609 g/mol. The van der Waals surface area contributed by atoms with Gasteiger partial charge in [-0.1, -0.05) is 42.5 Å². The van der Waals surface area contributed by atoms with Gasteiger partial charge in [-0.05, 0) is 41.6 Å². The molecule has 0 bridgehead atoms. The van der Waals surface area contributed by atoms with Crippen molar-refractivity contribution in [3.63, 3.8) is 0 Å². The number of aryl methyl sites for hydroxylation is 2. The summed E-state index contributed by atoms with van der Waals surface area (Å²) >= 11 is 3.30. The van der Waals surface area contributed by atoms with Gasteiger partial charge in [-0.3, -0.25) is 0 Å². The summed E-state index contributed by atoms with van der Waals surface area (Å²) in [6.07, 6.45) is 11.9. The quantitative estimate of drug-likeness (QED) is 0.172. The van der Waals surface area contributed by atoms with Crippen molar-refractivity contribution in [2.75, 3.05) is 20.8 Å². The molecule has 218 valence electrons. The minimum atomic E-state index is 0.464. The predicted molar refractivity (Wildman–Crippen MR) is 172 cm³/mol. The zero-order valence-electron chi connectivity index (χ0n) is 24.5. The molecular weight excluding hydrogens is 577 g/mol. The number of para-hydroxylation sites is 2. The number of methoxy groups -OCH3 is 1. The number of imidazole rings is 2. The second kappa shape index (κ2) is 12.8. The van der Waals surface area contributed by atoms with E-state index < -0.39 is 0 Å². The Morgan fingerprint density at radius 2 is 1.49 bits per heavy atom. The molecule has 0 aliphatic carbocycles. The standard InChI is InChI=1S/C33H33N6O2S2/c1-36-20-18-34-32(36)42-29-16-14-25(38(29)3)31(24-10-6-5-7-11-24)26-15-17-30(43-33-35-19-21-37(33)2)39(26)22-23-41-28-13-9-8-12-27(28)40-4/h5-21H,22-23H2,1-4H3/q+1. The Morgan fingerprint density at radius 3 is 2.16 bits per heavy atom. The van der Waals surface area contributed by atoms with E-state index in [1.807, 2.05) is 72.3 Å². The zero-order valence-corrected chi connectivity index (χ0v) is 26.2. The van der Waals surface area contributed by atoms with E-state index in [1.54, 1.807) is 30.6 Å². The molecule has 0 fully saturated rings. The minimum absolute atomic E-state index is 0.464. The number of nitrogens with zero attached hydrogens (tertiary/aromatic N) is 6. The van der Waals surface area contributed by atoms with Crippen LogP contribution in [0.1, 0.15) is 11.3 Å². The first-order valence-corrected chi connectivity index (χ1v) is 15.5. The highest BCUT2D eigenvalue weighted by molar-refractivity contribution is 8.14. The maximum absolute atomic E-state index is 6.26. The number of ether oxygens (including phenoxy) is 2. The van der Waals surface area contributed by atoms with Crippen LogP contribution in [-0.4, -0.2) is 54.1 Å². The van der Waals surface area contributed by atoms with Crippen molar-refractivity contribution in [1.82, 2.24) is 23.7 Å². The molecule has 3 aromatic heterocycles. The van der Waals surface area contributed by atoms with E-state index in [-0.39, 0.29) is 0 Å². The number of likely N-dealkylation sites (N-methyl/N-ethyl adjacent to an activating group) is 1. The fraction of sp³-hybridized carbons (Fsp3) is 0.182. The molecule has 6 rings (SSSR count). The average Bonchev–Trinajstić information content (AvgIpc) is 3.81. The molecule has 0 saturated carbocycles. The fourth-order valence-corrected chi connectivity index (χ4v) is 6.76.